The number of pyridine rings is 1. The molecule has 0 bridgehead atoms. The van der Waals surface area contributed by atoms with Crippen LogP contribution < -0.4 is 15.6 Å². The maximum Gasteiger partial charge on any atom is 0.341 e. The zero-order valence-corrected chi connectivity index (χ0v) is 16.4. The van der Waals surface area contributed by atoms with Gasteiger partial charge in [-0.25, -0.2) is 9.18 Å². The van der Waals surface area contributed by atoms with E-state index in [-0.39, 0.29) is 17.0 Å². The quantitative estimate of drug-likeness (QED) is 0.680. The van der Waals surface area contributed by atoms with Crippen molar-refractivity contribution in [2.24, 2.45) is 0 Å². The number of aromatic amines is 1. The molecule has 2 saturated heterocycles. The van der Waals surface area contributed by atoms with E-state index < -0.39 is 17.2 Å². The van der Waals surface area contributed by atoms with Gasteiger partial charge in [-0.1, -0.05) is 0 Å². The molecule has 2 aliphatic rings. The van der Waals surface area contributed by atoms with E-state index in [0.717, 1.165) is 45.3 Å². The van der Waals surface area contributed by atoms with Crippen molar-refractivity contribution in [3.05, 3.63) is 39.9 Å². The fourth-order valence-electron chi connectivity index (χ4n) is 4.14. The molecule has 9 heteroatoms. The molecule has 1 aromatic carbocycles. The largest absolute Gasteiger partial charge is 0.477 e. The fourth-order valence-corrected chi connectivity index (χ4v) is 4.14. The van der Waals surface area contributed by atoms with Crippen molar-refractivity contribution in [2.75, 3.05) is 64.3 Å². The maximum atomic E-state index is 14.9. The van der Waals surface area contributed by atoms with Crippen LogP contribution in [0.2, 0.25) is 0 Å². The summed E-state index contributed by atoms with van der Waals surface area (Å²) in [5.74, 6) is -1.84. The summed E-state index contributed by atoms with van der Waals surface area (Å²) < 4.78 is 14.9. The van der Waals surface area contributed by atoms with Gasteiger partial charge in [-0.05, 0) is 19.2 Å². The Hall–Kier alpha value is -2.49. The highest BCUT2D eigenvalue weighted by Gasteiger charge is 2.25. The number of carboxylic acid groups (broad SMARTS) is 1. The molecular weight excluding hydrogens is 377 g/mol. The standard InChI is InChI=1S/C20H26FN5O3/c1-24-4-6-25(7-5-24)11-13-12-26(3-2-22-13)18-9-17-14(8-16(18)21)19(27)15(10-23-17)20(28)29/h8-10,13,22H,2-7,11-12H2,1H3,(H,23,27)(H,28,29). The molecule has 0 aliphatic carbocycles. The number of aromatic carboxylic acids is 1. The van der Waals surface area contributed by atoms with Crippen LogP contribution in [0, 0.1) is 5.82 Å². The molecular formula is C20H26FN5O3. The first-order valence-electron chi connectivity index (χ1n) is 9.90. The number of hydrogen-bond donors (Lipinski definition) is 3. The number of fused-ring (bicyclic) bond motifs is 1. The molecule has 3 N–H and O–H groups in total. The Bertz CT molecular complexity index is 970. The van der Waals surface area contributed by atoms with Gasteiger partial charge in [0.15, 0.2) is 0 Å². The van der Waals surface area contributed by atoms with E-state index in [1.807, 2.05) is 4.90 Å². The number of benzene rings is 1. The number of likely N-dealkylation sites (N-methyl/N-ethyl adjacent to an activating group) is 1. The maximum absolute atomic E-state index is 14.9. The van der Waals surface area contributed by atoms with Crippen molar-refractivity contribution in [3.8, 4) is 0 Å². The van der Waals surface area contributed by atoms with E-state index in [2.05, 4.69) is 27.1 Å². The molecule has 8 nitrogen and oxygen atoms in total. The lowest BCUT2D eigenvalue weighted by molar-refractivity contribution is 0.0695. The number of carboxylic acids is 1. The fraction of sp³-hybridized carbons (Fsp3) is 0.500. The van der Waals surface area contributed by atoms with Gasteiger partial charge in [0.1, 0.15) is 11.4 Å². The summed E-state index contributed by atoms with van der Waals surface area (Å²) in [4.78, 5) is 33.0. The van der Waals surface area contributed by atoms with Crippen molar-refractivity contribution in [1.29, 1.82) is 0 Å². The first-order chi connectivity index (χ1) is 13.9. The van der Waals surface area contributed by atoms with E-state index in [9.17, 15) is 14.0 Å². The van der Waals surface area contributed by atoms with Crippen molar-refractivity contribution >= 4 is 22.6 Å². The van der Waals surface area contributed by atoms with Crippen LogP contribution in [0.15, 0.2) is 23.1 Å². The number of nitrogens with one attached hydrogen (secondary N) is 2. The lowest BCUT2D eigenvalue weighted by atomic mass is 10.1. The average Bonchev–Trinajstić information content (AvgIpc) is 2.70. The van der Waals surface area contributed by atoms with E-state index in [0.29, 0.717) is 24.3 Å². The number of aromatic nitrogens is 1. The summed E-state index contributed by atoms with van der Waals surface area (Å²) in [5.41, 5.74) is -0.198. The summed E-state index contributed by atoms with van der Waals surface area (Å²) >= 11 is 0. The molecule has 0 radical (unpaired) electrons. The van der Waals surface area contributed by atoms with E-state index >= 15 is 0 Å². The number of nitrogens with zero attached hydrogens (tertiary/aromatic N) is 3. The third-order valence-electron chi connectivity index (χ3n) is 5.85. The molecule has 2 aliphatic heterocycles. The SMILES string of the molecule is CN1CCN(CC2CN(c3cc4[nH]cc(C(=O)O)c(=O)c4cc3F)CCN2)CC1. The van der Waals surface area contributed by atoms with Gasteiger partial charge in [0, 0.05) is 70.0 Å². The lowest BCUT2D eigenvalue weighted by Gasteiger charge is -2.40. The van der Waals surface area contributed by atoms with E-state index in [4.69, 9.17) is 5.11 Å². The Morgan fingerprint density at radius 2 is 2.00 bits per heavy atom. The molecule has 29 heavy (non-hydrogen) atoms. The van der Waals surface area contributed by atoms with Crippen molar-refractivity contribution in [1.82, 2.24) is 20.1 Å². The zero-order valence-electron chi connectivity index (χ0n) is 16.4. The van der Waals surface area contributed by atoms with Crippen LogP contribution in [0.1, 0.15) is 10.4 Å². The van der Waals surface area contributed by atoms with Gasteiger partial charge in [-0.15, -0.1) is 0 Å². The highest BCUT2D eigenvalue weighted by atomic mass is 19.1. The lowest BCUT2D eigenvalue weighted by Crippen LogP contribution is -2.57. The normalized spacial score (nSPS) is 21.6. The predicted molar refractivity (Wildman–Crippen MR) is 109 cm³/mol. The van der Waals surface area contributed by atoms with Crippen LogP contribution >= 0.6 is 0 Å². The molecule has 0 amide bonds. The van der Waals surface area contributed by atoms with Gasteiger partial charge in [-0.3, -0.25) is 9.69 Å². The second kappa shape index (κ2) is 8.10. The number of piperazine rings is 2. The predicted octanol–water partition coefficient (Wildman–Crippen LogP) is 0.391. The van der Waals surface area contributed by atoms with Crippen LogP contribution in [0.5, 0.6) is 0 Å². The van der Waals surface area contributed by atoms with Crippen LogP contribution in [0.3, 0.4) is 0 Å². The number of anilines is 1. The van der Waals surface area contributed by atoms with Gasteiger partial charge in [0.25, 0.3) is 0 Å². The summed E-state index contributed by atoms with van der Waals surface area (Å²) in [6, 6.07) is 2.99. The van der Waals surface area contributed by atoms with Gasteiger partial charge in [0.05, 0.1) is 11.2 Å². The molecule has 0 spiro atoms. The third-order valence-corrected chi connectivity index (χ3v) is 5.85. The van der Waals surface area contributed by atoms with E-state index in [1.54, 1.807) is 6.07 Å². The molecule has 4 rings (SSSR count). The van der Waals surface area contributed by atoms with Crippen molar-refractivity contribution < 1.29 is 14.3 Å². The van der Waals surface area contributed by atoms with Crippen molar-refractivity contribution in [3.63, 3.8) is 0 Å². The minimum Gasteiger partial charge on any atom is -0.477 e. The second-order valence-corrected chi connectivity index (χ2v) is 7.89. The molecule has 1 aromatic heterocycles. The van der Waals surface area contributed by atoms with Crippen molar-refractivity contribution in [2.45, 2.75) is 6.04 Å². The van der Waals surface area contributed by atoms with Crippen LogP contribution in [0.25, 0.3) is 10.9 Å². The first-order valence-corrected chi connectivity index (χ1v) is 9.90. The second-order valence-electron chi connectivity index (χ2n) is 7.89. The Kier molecular flexibility index (Phi) is 5.53. The van der Waals surface area contributed by atoms with Crippen LogP contribution in [0.4, 0.5) is 10.1 Å². The molecule has 2 aromatic rings. The highest BCUT2D eigenvalue weighted by Crippen LogP contribution is 2.25. The zero-order chi connectivity index (χ0) is 20.5. The number of rotatable bonds is 4. The third kappa shape index (κ3) is 4.12. The summed E-state index contributed by atoms with van der Waals surface area (Å²) in [5, 5.41) is 12.7. The van der Waals surface area contributed by atoms with Gasteiger partial charge >= 0.3 is 5.97 Å². The minimum absolute atomic E-state index is 0.0512. The summed E-state index contributed by atoms with van der Waals surface area (Å²) in [6.45, 7) is 7.19. The Morgan fingerprint density at radius 3 is 2.72 bits per heavy atom. The molecule has 1 unspecified atom stereocenters. The van der Waals surface area contributed by atoms with Crippen LogP contribution in [-0.2, 0) is 0 Å². The topological polar surface area (TPSA) is 91.9 Å². The van der Waals surface area contributed by atoms with Gasteiger partial charge in [0.2, 0.25) is 5.43 Å². The molecule has 2 fully saturated rings. The number of hydrogen-bond acceptors (Lipinski definition) is 6. The number of halogens is 1. The molecule has 3 heterocycles. The van der Waals surface area contributed by atoms with Crippen LogP contribution in [-0.4, -0.2) is 91.3 Å². The highest BCUT2D eigenvalue weighted by molar-refractivity contribution is 5.93. The Morgan fingerprint density at radius 1 is 1.24 bits per heavy atom. The number of H-pyrrole nitrogens is 1. The number of carbonyl (C=O) groups is 1. The first kappa shape index (κ1) is 19.8. The Labute approximate surface area is 167 Å². The Balaban J connectivity index is 1.54. The summed E-state index contributed by atoms with van der Waals surface area (Å²) in [6.07, 6.45) is 1.17. The average molecular weight is 403 g/mol. The molecule has 156 valence electrons. The van der Waals surface area contributed by atoms with E-state index in [1.165, 1.54) is 6.20 Å². The molecule has 0 saturated carbocycles. The minimum atomic E-state index is -1.33. The monoisotopic (exact) mass is 403 g/mol. The smallest absolute Gasteiger partial charge is 0.341 e. The van der Waals surface area contributed by atoms with Gasteiger partial charge < -0.3 is 25.2 Å². The van der Waals surface area contributed by atoms with Gasteiger partial charge in [-0.2, -0.15) is 0 Å². The molecule has 1 atom stereocenters. The summed E-state index contributed by atoms with van der Waals surface area (Å²) in [7, 11) is 2.13.